The quantitative estimate of drug-likeness (QED) is 0.654. The van der Waals surface area contributed by atoms with Crippen molar-refractivity contribution in [3.63, 3.8) is 0 Å². The van der Waals surface area contributed by atoms with Gasteiger partial charge in [-0.3, -0.25) is 0 Å². The Morgan fingerprint density at radius 2 is 2.00 bits per heavy atom. The van der Waals surface area contributed by atoms with E-state index in [4.69, 9.17) is 5.73 Å². The average Bonchev–Trinajstić information content (AvgIpc) is 1.85. The fourth-order valence-corrected chi connectivity index (χ4v) is 0.348. The third-order valence-electron chi connectivity index (χ3n) is 0.926. The molecular weight excluding hydrogens is 140 g/mol. The molecule has 0 fully saturated rings. The van der Waals surface area contributed by atoms with E-state index in [1.54, 1.807) is 13.8 Å². The number of rotatable bonds is 4. The van der Waals surface area contributed by atoms with Gasteiger partial charge in [-0.25, -0.2) is 8.78 Å². The topological polar surface area (TPSA) is 35.2 Å². The van der Waals surface area contributed by atoms with Gasteiger partial charge >= 0.3 is 0 Å². The Hall–Kier alpha value is -0.220. The highest BCUT2D eigenvalue weighted by atomic mass is 19.3. The largest absolute Gasteiger partial charge is 0.372 e. The van der Waals surface area contributed by atoms with Crippen LogP contribution in [0.15, 0.2) is 0 Å². The summed E-state index contributed by atoms with van der Waals surface area (Å²) in [6, 6.07) is 0. The minimum atomic E-state index is -2.87. The molecule has 0 aromatic carbocycles. The van der Waals surface area contributed by atoms with Gasteiger partial charge < -0.3 is 10.5 Å². The Kier molecular flexibility index (Phi) is 3.75. The molecular formula is C6H13F2NO. The lowest BCUT2D eigenvalue weighted by Gasteiger charge is -2.15. The second-order valence-electron chi connectivity index (χ2n) is 2.42. The molecule has 0 saturated carbocycles. The molecule has 0 radical (unpaired) electrons. The molecule has 2 nitrogen and oxygen atoms in total. The molecule has 0 aliphatic heterocycles. The lowest BCUT2D eigenvalue weighted by Crippen LogP contribution is -2.34. The van der Waals surface area contributed by atoms with Crippen molar-refractivity contribution in [2.45, 2.75) is 25.9 Å². The van der Waals surface area contributed by atoms with E-state index in [-0.39, 0.29) is 6.10 Å². The molecule has 0 unspecified atom stereocenters. The van der Waals surface area contributed by atoms with Gasteiger partial charge in [0.15, 0.2) is 0 Å². The lowest BCUT2D eigenvalue weighted by molar-refractivity contribution is -0.0852. The zero-order chi connectivity index (χ0) is 8.20. The van der Waals surface area contributed by atoms with E-state index < -0.39 is 19.1 Å². The average molecular weight is 153 g/mol. The first kappa shape index (κ1) is 9.78. The highest BCUT2D eigenvalue weighted by Gasteiger charge is 2.27. The van der Waals surface area contributed by atoms with Gasteiger partial charge in [-0.15, -0.1) is 0 Å². The maximum Gasteiger partial charge on any atom is 0.282 e. The van der Waals surface area contributed by atoms with Crippen LogP contribution in [-0.2, 0) is 4.74 Å². The van der Waals surface area contributed by atoms with E-state index in [9.17, 15) is 8.78 Å². The summed E-state index contributed by atoms with van der Waals surface area (Å²) in [6.07, 6.45) is -0.169. The van der Waals surface area contributed by atoms with Crippen molar-refractivity contribution >= 4 is 0 Å². The molecule has 0 aromatic rings. The highest BCUT2D eigenvalue weighted by Crippen LogP contribution is 2.11. The molecule has 0 aliphatic carbocycles. The van der Waals surface area contributed by atoms with Gasteiger partial charge in [0.05, 0.1) is 12.6 Å². The van der Waals surface area contributed by atoms with Crippen molar-refractivity contribution in [3.05, 3.63) is 0 Å². The predicted molar refractivity (Wildman–Crippen MR) is 35.1 cm³/mol. The van der Waals surface area contributed by atoms with Crippen LogP contribution in [-0.4, -0.2) is 25.2 Å². The van der Waals surface area contributed by atoms with Crippen molar-refractivity contribution in [2.75, 3.05) is 13.2 Å². The van der Waals surface area contributed by atoms with Gasteiger partial charge in [0.25, 0.3) is 5.92 Å². The summed E-state index contributed by atoms with van der Waals surface area (Å²) in [5, 5.41) is 0. The number of nitrogens with two attached hydrogens (primary N) is 1. The summed E-state index contributed by atoms with van der Waals surface area (Å²) >= 11 is 0. The third-order valence-corrected chi connectivity index (χ3v) is 0.926. The maximum atomic E-state index is 12.3. The van der Waals surface area contributed by atoms with Gasteiger partial charge in [-0.1, -0.05) is 0 Å². The molecule has 0 rings (SSSR count). The van der Waals surface area contributed by atoms with Crippen LogP contribution in [0.25, 0.3) is 0 Å². The summed E-state index contributed by atoms with van der Waals surface area (Å²) < 4.78 is 29.2. The number of ether oxygens (including phenoxy) is 1. The van der Waals surface area contributed by atoms with E-state index >= 15 is 0 Å². The molecule has 0 atom stereocenters. The van der Waals surface area contributed by atoms with E-state index in [0.717, 1.165) is 0 Å². The zero-order valence-electron chi connectivity index (χ0n) is 6.23. The van der Waals surface area contributed by atoms with Crippen LogP contribution in [0.1, 0.15) is 13.8 Å². The monoisotopic (exact) mass is 153 g/mol. The minimum absolute atomic E-state index is 0.169. The van der Waals surface area contributed by atoms with Gasteiger partial charge in [0, 0.05) is 0 Å². The van der Waals surface area contributed by atoms with E-state index in [1.165, 1.54) is 0 Å². The molecule has 62 valence electrons. The number of halogens is 2. The summed E-state index contributed by atoms with van der Waals surface area (Å²) in [4.78, 5) is 0. The van der Waals surface area contributed by atoms with Gasteiger partial charge in [0.2, 0.25) is 0 Å². The van der Waals surface area contributed by atoms with Gasteiger partial charge in [0.1, 0.15) is 6.61 Å². The molecule has 0 saturated heterocycles. The van der Waals surface area contributed by atoms with Crippen LogP contribution in [0.2, 0.25) is 0 Å². The van der Waals surface area contributed by atoms with Crippen molar-refractivity contribution in [2.24, 2.45) is 5.73 Å². The van der Waals surface area contributed by atoms with Crippen LogP contribution in [0, 0.1) is 0 Å². The lowest BCUT2D eigenvalue weighted by atomic mass is 10.3. The summed E-state index contributed by atoms with van der Waals surface area (Å²) in [5.74, 6) is -2.87. The van der Waals surface area contributed by atoms with Crippen LogP contribution in [0.4, 0.5) is 8.78 Å². The fourth-order valence-electron chi connectivity index (χ4n) is 0.348. The number of alkyl halides is 2. The molecule has 0 aromatic heterocycles. The van der Waals surface area contributed by atoms with Crippen molar-refractivity contribution in [3.8, 4) is 0 Å². The van der Waals surface area contributed by atoms with Gasteiger partial charge in [-0.2, -0.15) is 0 Å². The molecule has 0 bridgehead atoms. The molecule has 0 spiro atoms. The standard InChI is InChI=1S/C6H13F2NO/c1-5(2)10-4-6(7,8)3-9/h5H,3-4,9H2,1-2H3. The molecule has 0 amide bonds. The number of hydrogen-bond donors (Lipinski definition) is 1. The third kappa shape index (κ3) is 4.64. The first-order valence-corrected chi connectivity index (χ1v) is 3.17. The predicted octanol–water partition coefficient (Wildman–Crippen LogP) is 1.01. The normalized spacial score (nSPS) is 12.6. The first-order valence-electron chi connectivity index (χ1n) is 3.17. The van der Waals surface area contributed by atoms with Gasteiger partial charge in [-0.05, 0) is 13.8 Å². The second kappa shape index (κ2) is 3.83. The smallest absolute Gasteiger partial charge is 0.282 e. The summed E-state index contributed by atoms with van der Waals surface area (Å²) in [6.45, 7) is 2.17. The summed E-state index contributed by atoms with van der Waals surface area (Å²) in [7, 11) is 0. The molecule has 0 heterocycles. The number of hydrogen-bond acceptors (Lipinski definition) is 2. The van der Waals surface area contributed by atoms with E-state index in [0.29, 0.717) is 0 Å². The van der Waals surface area contributed by atoms with Crippen LogP contribution >= 0.6 is 0 Å². The maximum absolute atomic E-state index is 12.3. The Bertz CT molecular complexity index is 95.7. The van der Waals surface area contributed by atoms with Crippen LogP contribution < -0.4 is 5.73 Å². The molecule has 4 heteroatoms. The minimum Gasteiger partial charge on any atom is -0.372 e. The first-order chi connectivity index (χ1) is 4.48. The second-order valence-corrected chi connectivity index (χ2v) is 2.42. The Labute approximate surface area is 59.3 Å². The Morgan fingerprint density at radius 3 is 2.30 bits per heavy atom. The fraction of sp³-hybridized carbons (Fsp3) is 1.00. The Morgan fingerprint density at radius 1 is 1.50 bits per heavy atom. The molecule has 0 aliphatic rings. The zero-order valence-corrected chi connectivity index (χ0v) is 6.23. The SMILES string of the molecule is CC(C)OCC(F)(F)CN. The van der Waals surface area contributed by atoms with Crippen molar-refractivity contribution < 1.29 is 13.5 Å². The van der Waals surface area contributed by atoms with E-state index in [2.05, 4.69) is 4.74 Å². The highest BCUT2D eigenvalue weighted by molar-refractivity contribution is 4.65. The van der Waals surface area contributed by atoms with E-state index in [1.807, 2.05) is 0 Å². The molecule has 10 heavy (non-hydrogen) atoms. The Balaban J connectivity index is 3.46. The van der Waals surface area contributed by atoms with Crippen molar-refractivity contribution in [1.29, 1.82) is 0 Å². The van der Waals surface area contributed by atoms with Crippen LogP contribution in [0.3, 0.4) is 0 Å². The molecule has 2 N–H and O–H groups in total. The van der Waals surface area contributed by atoms with Crippen molar-refractivity contribution in [1.82, 2.24) is 0 Å². The summed E-state index contributed by atoms with van der Waals surface area (Å²) in [5.41, 5.74) is 4.76. The van der Waals surface area contributed by atoms with Crippen LogP contribution in [0.5, 0.6) is 0 Å².